The Morgan fingerprint density at radius 3 is 2.36 bits per heavy atom. The number of hydrogen-bond donors (Lipinski definition) is 1. The highest BCUT2D eigenvalue weighted by Crippen LogP contribution is 2.68. The van der Waals surface area contributed by atoms with Crippen molar-refractivity contribution in [2.75, 3.05) is 24.6 Å². The number of benzene rings is 3. The number of hydrogen-bond acceptors (Lipinski definition) is 5. The molecule has 3 fully saturated rings. The van der Waals surface area contributed by atoms with E-state index in [9.17, 15) is 14.7 Å². The number of likely N-dealkylation sites (tertiary alicyclic amines) is 1. The van der Waals surface area contributed by atoms with Crippen molar-refractivity contribution in [1.29, 1.82) is 0 Å². The van der Waals surface area contributed by atoms with Gasteiger partial charge in [-0.1, -0.05) is 103 Å². The van der Waals surface area contributed by atoms with E-state index in [0.717, 1.165) is 16.3 Å². The van der Waals surface area contributed by atoms with E-state index in [4.69, 9.17) is 0 Å². The second-order valence-corrected chi connectivity index (χ2v) is 15.9. The summed E-state index contributed by atoms with van der Waals surface area (Å²) in [5, 5.41) is 12.6. The molecule has 6 rings (SSSR count). The van der Waals surface area contributed by atoms with Crippen molar-refractivity contribution in [1.82, 2.24) is 9.80 Å². The molecule has 0 radical (unpaired) electrons. The van der Waals surface area contributed by atoms with Gasteiger partial charge >= 0.3 is 0 Å². The molecule has 1 N–H and O–H groups in total. The molecule has 0 saturated carbocycles. The minimum Gasteiger partial charge on any atom is -0.394 e. The zero-order valence-electron chi connectivity index (χ0n) is 26.9. The first-order chi connectivity index (χ1) is 22.7. The van der Waals surface area contributed by atoms with Gasteiger partial charge in [-0.05, 0) is 40.8 Å². The molecule has 3 aliphatic rings. The number of rotatable bonds is 12. The van der Waals surface area contributed by atoms with E-state index in [2.05, 4.69) is 29.1 Å². The van der Waals surface area contributed by atoms with Crippen LogP contribution in [0.25, 0.3) is 10.8 Å². The highest BCUT2D eigenvalue weighted by atomic mass is 79.9. The largest absolute Gasteiger partial charge is 0.394 e. The molecule has 3 unspecified atom stereocenters. The average molecular weight is 717 g/mol. The van der Waals surface area contributed by atoms with Gasteiger partial charge in [0, 0.05) is 35.4 Å². The smallest absolute Gasteiger partial charge is 0.251 e. The van der Waals surface area contributed by atoms with Crippen molar-refractivity contribution in [3.63, 3.8) is 0 Å². The van der Waals surface area contributed by atoms with Crippen molar-refractivity contribution in [3.8, 4) is 0 Å². The van der Waals surface area contributed by atoms with Gasteiger partial charge < -0.3 is 19.8 Å². The minimum atomic E-state index is -0.874. The van der Waals surface area contributed by atoms with Crippen molar-refractivity contribution in [2.45, 2.75) is 53.7 Å². The molecule has 246 valence electrons. The number of anilines is 1. The highest BCUT2D eigenvalue weighted by Gasteiger charge is 2.76. The molecule has 1 spiro atoms. The molecule has 3 aromatic carbocycles. The zero-order valence-corrected chi connectivity index (χ0v) is 29.3. The molecule has 0 aliphatic carbocycles. The van der Waals surface area contributed by atoms with Crippen LogP contribution in [-0.2, 0) is 20.9 Å². The van der Waals surface area contributed by atoms with Crippen LogP contribution in [0, 0.1) is 17.8 Å². The Labute approximate surface area is 289 Å². The van der Waals surface area contributed by atoms with Gasteiger partial charge in [0.1, 0.15) is 6.04 Å². The summed E-state index contributed by atoms with van der Waals surface area (Å²) in [6.07, 6.45) is 3.98. The first kappa shape index (κ1) is 33.5. The summed E-state index contributed by atoms with van der Waals surface area (Å²) >= 11 is 5.51. The van der Waals surface area contributed by atoms with Crippen LogP contribution >= 0.6 is 27.7 Å². The van der Waals surface area contributed by atoms with E-state index in [1.807, 2.05) is 86.6 Å². The quantitative estimate of drug-likeness (QED) is 0.182. The van der Waals surface area contributed by atoms with Crippen molar-refractivity contribution in [3.05, 3.63) is 104 Å². The SMILES string of the molecule is C=CCN(Cc1ccccc1)C(=O)[C@H]1[C@@H]2SC3(CC2Br)C(C(=O)N(CC=C)c2ccc4ccccc4c2)N([C@@H](CO)C(C)C)C(=O)[C@H]13. The van der Waals surface area contributed by atoms with Crippen molar-refractivity contribution >= 4 is 61.9 Å². The number of thioether (sulfide) groups is 1. The number of halogens is 1. The normalized spacial score (nSPS) is 26.8. The van der Waals surface area contributed by atoms with Crippen molar-refractivity contribution in [2.24, 2.45) is 17.8 Å². The molecule has 7 nitrogen and oxygen atoms in total. The first-order valence-electron chi connectivity index (χ1n) is 16.3. The van der Waals surface area contributed by atoms with Gasteiger partial charge in [-0.2, -0.15) is 0 Å². The van der Waals surface area contributed by atoms with E-state index in [-0.39, 0.29) is 46.9 Å². The monoisotopic (exact) mass is 715 g/mol. The Kier molecular flexibility index (Phi) is 9.70. The van der Waals surface area contributed by atoms with E-state index < -0.39 is 28.7 Å². The molecule has 3 aromatic rings. The molecule has 3 saturated heterocycles. The summed E-state index contributed by atoms with van der Waals surface area (Å²) in [6.45, 7) is 12.5. The summed E-state index contributed by atoms with van der Waals surface area (Å²) < 4.78 is -0.849. The first-order valence-corrected chi connectivity index (χ1v) is 18.1. The number of carbonyl (C=O) groups excluding carboxylic acids is 3. The average Bonchev–Trinajstić information content (AvgIpc) is 3.66. The van der Waals surface area contributed by atoms with Crippen LogP contribution in [0.3, 0.4) is 0 Å². The number of alkyl halides is 1. The van der Waals surface area contributed by atoms with Crippen LogP contribution in [0.1, 0.15) is 25.8 Å². The van der Waals surface area contributed by atoms with E-state index in [1.54, 1.807) is 38.6 Å². The van der Waals surface area contributed by atoms with E-state index >= 15 is 4.79 Å². The molecule has 3 heterocycles. The van der Waals surface area contributed by atoms with Crippen LogP contribution in [0.4, 0.5) is 5.69 Å². The van der Waals surface area contributed by atoms with Crippen LogP contribution in [0.5, 0.6) is 0 Å². The third-order valence-corrected chi connectivity index (χ3v) is 13.3. The lowest BCUT2D eigenvalue weighted by molar-refractivity contribution is -0.146. The third-order valence-electron chi connectivity index (χ3n) is 10.1. The lowest BCUT2D eigenvalue weighted by Crippen LogP contribution is -2.59. The van der Waals surface area contributed by atoms with Crippen LogP contribution < -0.4 is 4.90 Å². The minimum absolute atomic E-state index is 0.0665. The predicted molar refractivity (Wildman–Crippen MR) is 193 cm³/mol. The molecular weight excluding hydrogens is 674 g/mol. The lowest BCUT2D eigenvalue weighted by Gasteiger charge is -2.41. The summed E-state index contributed by atoms with van der Waals surface area (Å²) in [5.74, 6) is -2.00. The van der Waals surface area contributed by atoms with Gasteiger partial charge in [-0.3, -0.25) is 14.4 Å². The topological polar surface area (TPSA) is 81.2 Å². The van der Waals surface area contributed by atoms with Gasteiger partial charge in [0.2, 0.25) is 11.8 Å². The molecule has 3 amide bonds. The van der Waals surface area contributed by atoms with Crippen molar-refractivity contribution < 1.29 is 19.5 Å². The lowest BCUT2D eigenvalue weighted by atomic mass is 9.70. The molecule has 7 atom stereocenters. The number of fused-ring (bicyclic) bond motifs is 2. The van der Waals surface area contributed by atoms with Crippen LogP contribution in [-0.4, -0.2) is 79.2 Å². The van der Waals surface area contributed by atoms with Gasteiger partial charge in [0.05, 0.1) is 29.2 Å². The maximum Gasteiger partial charge on any atom is 0.251 e. The third kappa shape index (κ3) is 5.74. The Balaban J connectivity index is 1.44. The number of aliphatic hydroxyl groups is 1. The Bertz CT molecular complexity index is 1680. The fourth-order valence-electron chi connectivity index (χ4n) is 7.95. The van der Waals surface area contributed by atoms with Gasteiger partial charge in [-0.25, -0.2) is 0 Å². The number of aliphatic hydroxyl groups excluding tert-OH is 1. The van der Waals surface area contributed by atoms with Gasteiger partial charge in [0.15, 0.2) is 0 Å². The molecular formula is C38H42BrN3O4S. The van der Waals surface area contributed by atoms with E-state index in [1.165, 1.54) is 0 Å². The molecule has 3 aliphatic heterocycles. The maximum absolute atomic E-state index is 15.1. The molecule has 2 bridgehead atoms. The van der Waals surface area contributed by atoms with Crippen LogP contribution in [0.15, 0.2) is 98.1 Å². The van der Waals surface area contributed by atoms with Gasteiger partial charge in [0.25, 0.3) is 5.91 Å². The van der Waals surface area contributed by atoms with Crippen LogP contribution in [0.2, 0.25) is 0 Å². The zero-order chi connectivity index (χ0) is 33.5. The molecule has 9 heteroatoms. The standard InChI is InChI=1S/C38H42BrN3O4S/c1-5-18-40(22-25-12-8-7-9-13-25)35(44)31-32-36(45)42(30(23-43)24(3)4)34(38(32)21-29(39)33(31)47-38)37(46)41(19-6-2)28-17-16-26-14-10-11-15-27(26)20-28/h5-17,20,24,29-34,43H,1-2,18-19,21-23H2,3-4H3/t29?,30-,31+,32-,33+,34?,38?/m0/s1. The summed E-state index contributed by atoms with van der Waals surface area (Å²) in [7, 11) is 0. The second kappa shape index (κ2) is 13.6. The number of nitrogens with zero attached hydrogens (tertiary/aromatic N) is 3. The second-order valence-electron chi connectivity index (χ2n) is 13.2. The maximum atomic E-state index is 15.1. The number of carbonyl (C=O) groups is 3. The molecule has 47 heavy (non-hydrogen) atoms. The summed E-state index contributed by atoms with van der Waals surface area (Å²) in [6, 6.07) is 22.3. The summed E-state index contributed by atoms with van der Waals surface area (Å²) in [5.41, 5.74) is 1.71. The predicted octanol–water partition coefficient (Wildman–Crippen LogP) is 6.06. The van der Waals surface area contributed by atoms with E-state index in [0.29, 0.717) is 25.2 Å². The number of amides is 3. The highest BCUT2D eigenvalue weighted by molar-refractivity contribution is 9.09. The Hall–Kier alpha value is -3.40. The fraction of sp³-hybridized carbons (Fsp3) is 0.395. The summed E-state index contributed by atoms with van der Waals surface area (Å²) in [4.78, 5) is 49.7. The molecule has 0 aromatic heterocycles. The fourth-order valence-corrected chi connectivity index (χ4v) is 11.5. The Morgan fingerprint density at radius 1 is 1.02 bits per heavy atom. The van der Waals surface area contributed by atoms with Gasteiger partial charge in [-0.15, -0.1) is 24.9 Å². The Morgan fingerprint density at radius 2 is 1.70 bits per heavy atom.